The maximum absolute atomic E-state index is 5.44. The standard InChI is InChI=1S/C17H31N3O/c1-13-16(6-9-18-17(3,4)5)14(2)20(19-13)12-15-7-10-21-11-8-15/h15,18H,6-12H2,1-5H3. The Morgan fingerprint density at radius 3 is 2.52 bits per heavy atom. The molecule has 0 unspecified atom stereocenters. The Morgan fingerprint density at radius 1 is 1.24 bits per heavy atom. The summed E-state index contributed by atoms with van der Waals surface area (Å²) < 4.78 is 7.66. The Balaban J connectivity index is 1.96. The number of ether oxygens (including phenoxy) is 1. The van der Waals surface area contributed by atoms with E-state index in [1.807, 2.05) is 0 Å². The van der Waals surface area contributed by atoms with Crippen molar-refractivity contribution in [3.8, 4) is 0 Å². The third kappa shape index (κ3) is 4.82. The Kier molecular flexibility index (Phi) is 5.44. The summed E-state index contributed by atoms with van der Waals surface area (Å²) in [6.45, 7) is 14.9. The molecule has 0 aromatic carbocycles. The maximum Gasteiger partial charge on any atom is 0.0628 e. The van der Waals surface area contributed by atoms with Gasteiger partial charge in [-0.15, -0.1) is 0 Å². The lowest BCUT2D eigenvalue weighted by Crippen LogP contribution is -2.37. The van der Waals surface area contributed by atoms with Crippen LogP contribution in [0.1, 0.15) is 50.6 Å². The number of aromatic nitrogens is 2. The number of aryl methyl sites for hydroxylation is 1. The fourth-order valence-corrected chi connectivity index (χ4v) is 3.01. The van der Waals surface area contributed by atoms with Gasteiger partial charge >= 0.3 is 0 Å². The van der Waals surface area contributed by atoms with Gasteiger partial charge in [-0.2, -0.15) is 5.10 Å². The first-order valence-corrected chi connectivity index (χ1v) is 8.22. The number of rotatable bonds is 5. The molecular weight excluding hydrogens is 262 g/mol. The van der Waals surface area contributed by atoms with Crippen molar-refractivity contribution in [2.45, 2.75) is 66.0 Å². The number of nitrogens with zero attached hydrogens (tertiary/aromatic N) is 2. The van der Waals surface area contributed by atoms with Gasteiger partial charge in [0.1, 0.15) is 0 Å². The van der Waals surface area contributed by atoms with Crippen LogP contribution in [0.15, 0.2) is 0 Å². The van der Waals surface area contributed by atoms with Gasteiger partial charge < -0.3 is 10.1 Å². The highest BCUT2D eigenvalue weighted by molar-refractivity contribution is 5.25. The lowest BCUT2D eigenvalue weighted by molar-refractivity contribution is 0.0599. The van der Waals surface area contributed by atoms with E-state index in [4.69, 9.17) is 9.84 Å². The summed E-state index contributed by atoms with van der Waals surface area (Å²) in [5.74, 6) is 0.720. The molecule has 0 amide bonds. The van der Waals surface area contributed by atoms with E-state index in [9.17, 15) is 0 Å². The molecule has 120 valence electrons. The molecule has 1 aromatic heterocycles. The molecule has 1 N–H and O–H groups in total. The quantitative estimate of drug-likeness (QED) is 0.907. The van der Waals surface area contributed by atoms with Crippen molar-refractivity contribution >= 4 is 0 Å². The van der Waals surface area contributed by atoms with Crippen LogP contribution >= 0.6 is 0 Å². The zero-order chi connectivity index (χ0) is 15.5. The summed E-state index contributed by atoms with van der Waals surface area (Å²) in [6, 6.07) is 0. The second-order valence-electron chi connectivity index (χ2n) is 7.31. The van der Waals surface area contributed by atoms with Crippen LogP contribution in [0.3, 0.4) is 0 Å². The summed E-state index contributed by atoms with van der Waals surface area (Å²) in [6.07, 6.45) is 3.39. The van der Waals surface area contributed by atoms with Gasteiger partial charge in [-0.1, -0.05) is 0 Å². The SMILES string of the molecule is Cc1nn(CC2CCOCC2)c(C)c1CCNC(C)(C)C. The summed E-state index contributed by atoms with van der Waals surface area (Å²) in [5, 5.41) is 8.33. The molecule has 0 aliphatic carbocycles. The van der Waals surface area contributed by atoms with Crippen LogP contribution in [0.25, 0.3) is 0 Å². The molecule has 1 aliphatic heterocycles. The molecule has 0 atom stereocenters. The highest BCUT2D eigenvalue weighted by Gasteiger charge is 2.18. The van der Waals surface area contributed by atoms with E-state index in [1.54, 1.807) is 0 Å². The minimum Gasteiger partial charge on any atom is -0.381 e. The van der Waals surface area contributed by atoms with E-state index in [-0.39, 0.29) is 5.54 Å². The van der Waals surface area contributed by atoms with Gasteiger partial charge in [0.15, 0.2) is 0 Å². The van der Waals surface area contributed by atoms with Gasteiger partial charge in [-0.05, 0) is 71.9 Å². The van der Waals surface area contributed by atoms with Crippen LogP contribution in [0.4, 0.5) is 0 Å². The van der Waals surface area contributed by atoms with Crippen molar-refractivity contribution in [1.29, 1.82) is 0 Å². The Morgan fingerprint density at radius 2 is 1.90 bits per heavy atom. The maximum atomic E-state index is 5.44. The van der Waals surface area contributed by atoms with Crippen molar-refractivity contribution in [1.82, 2.24) is 15.1 Å². The smallest absolute Gasteiger partial charge is 0.0628 e. The van der Waals surface area contributed by atoms with E-state index in [1.165, 1.54) is 29.8 Å². The molecule has 4 nitrogen and oxygen atoms in total. The van der Waals surface area contributed by atoms with Crippen LogP contribution < -0.4 is 5.32 Å². The van der Waals surface area contributed by atoms with Crippen molar-refractivity contribution < 1.29 is 4.74 Å². The molecule has 4 heteroatoms. The van der Waals surface area contributed by atoms with Crippen LogP contribution in [0.5, 0.6) is 0 Å². The molecule has 0 bridgehead atoms. The number of hydrogen-bond donors (Lipinski definition) is 1. The Labute approximate surface area is 129 Å². The summed E-state index contributed by atoms with van der Waals surface area (Å²) >= 11 is 0. The average molecular weight is 293 g/mol. The lowest BCUT2D eigenvalue weighted by atomic mass is 10.0. The van der Waals surface area contributed by atoms with Crippen LogP contribution in [0.2, 0.25) is 0 Å². The predicted octanol–water partition coefficient (Wildman–Crippen LogP) is 2.86. The van der Waals surface area contributed by atoms with Crippen LogP contribution in [-0.2, 0) is 17.7 Å². The zero-order valence-electron chi connectivity index (χ0n) is 14.3. The van der Waals surface area contributed by atoms with Crippen molar-refractivity contribution in [2.75, 3.05) is 19.8 Å². The highest BCUT2D eigenvalue weighted by atomic mass is 16.5. The average Bonchev–Trinajstić information content (AvgIpc) is 2.66. The minimum absolute atomic E-state index is 0.180. The zero-order valence-corrected chi connectivity index (χ0v) is 14.3. The first-order valence-electron chi connectivity index (χ1n) is 8.22. The largest absolute Gasteiger partial charge is 0.381 e. The molecule has 0 saturated carbocycles. The Bertz CT molecular complexity index is 453. The molecule has 1 fully saturated rings. The van der Waals surface area contributed by atoms with E-state index < -0.39 is 0 Å². The summed E-state index contributed by atoms with van der Waals surface area (Å²) in [7, 11) is 0. The molecule has 0 radical (unpaired) electrons. The molecule has 0 spiro atoms. The molecular formula is C17H31N3O. The van der Waals surface area contributed by atoms with Crippen molar-refractivity contribution in [3.05, 3.63) is 17.0 Å². The first-order chi connectivity index (χ1) is 9.87. The van der Waals surface area contributed by atoms with Crippen molar-refractivity contribution in [2.24, 2.45) is 5.92 Å². The van der Waals surface area contributed by atoms with E-state index in [0.717, 1.165) is 38.6 Å². The van der Waals surface area contributed by atoms with Gasteiger partial charge in [0, 0.05) is 31.0 Å². The molecule has 2 heterocycles. The predicted molar refractivity (Wildman–Crippen MR) is 86.7 cm³/mol. The van der Waals surface area contributed by atoms with Gasteiger partial charge in [0.05, 0.1) is 5.69 Å². The van der Waals surface area contributed by atoms with Gasteiger partial charge in [-0.25, -0.2) is 0 Å². The van der Waals surface area contributed by atoms with E-state index in [2.05, 4.69) is 44.6 Å². The normalized spacial score (nSPS) is 17.4. The Hall–Kier alpha value is -0.870. The summed E-state index contributed by atoms with van der Waals surface area (Å²) in [4.78, 5) is 0. The lowest BCUT2D eigenvalue weighted by Gasteiger charge is -2.22. The molecule has 1 aliphatic rings. The van der Waals surface area contributed by atoms with Crippen LogP contribution in [-0.4, -0.2) is 35.1 Å². The second kappa shape index (κ2) is 6.93. The van der Waals surface area contributed by atoms with Gasteiger partial charge in [0.25, 0.3) is 0 Å². The molecule has 21 heavy (non-hydrogen) atoms. The highest BCUT2D eigenvalue weighted by Crippen LogP contribution is 2.20. The minimum atomic E-state index is 0.180. The van der Waals surface area contributed by atoms with Crippen LogP contribution in [0, 0.1) is 19.8 Å². The third-order valence-electron chi connectivity index (χ3n) is 4.33. The molecule has 1 saturated heterocycles. The molecule has 2 rings (SSSR count). The van der Waals surface area contributed by atoms with Gasteiger partial charge in [0.2, 0.25) is 0 Å². The fourth-order valence-electron chi connectivity index (χ4n) is 3.01. The first kappa shape index (κ1) is 16.5. The van der Waals surface area contributed by atoms with E-state index in [0.29, 0.717) is 0 Å². The molecule has 1 aromatic rings. The third-order valence-corrected chi connectivity index (χ3v) is 4.33. The summed E-state index contributed by atoms with van der Waals surface area (Å²) in [5.41, 5.74) is 4.13. The number of nitrogens with one attached hydrogen (secondary N) is 1. The van der Waals surface area contributed by atoms with E-state index >= 15 is 0 Å². The van der Waals surface area contributed by atoms with Crippen molar-refractivity contribution in [3.63, 3.8) is 0 Å². The second-order valence-corrected chi connectivity index (χ2v) is 7.31. The monoisotopic (exact) mass is 293 g/mol. The fraction of sp³-hybridized carbons (Fsp3) is 0.824. The van der Waals surface area contributed by atoms with Gasteiger partial charge in [-0.3, -0.25) is 4.68 Å². The number of hydrogen-bond acceptors (Lipinski definition) is 3. The topological polar surface area (TPSA) is 39.1 Å².